The highest BCUT2D eigenvalue weighted by Gasteiger charge is 2.26. The van der Waals surface area contributed by atoms with E-state index in [1.165, 1.54) is 0 Å². The maximum Gasteiger partial charge on any atom is 0.226 e. The Morgan fingerprint density at radius 3 is 2.67 bits per heavy atom. The molecule has 1 atom stereocenters. The first-order valence-corrected chi connectivity index (χ1v) is 9.01. The van der Waals surface area contributed by atoms with Crippen molar-refractivity contribution in [1.82, 2.24) is 15.0 Å². The summed E-state index contributed by atoms with van der Waals surface area (Å²) in [4.78, 5) is 6.75. The quantitative estimate of drug-likeness (QED) is 0.863. The van der Waals surface area contributed by atoms with Crippen LogP contribution in [0.25, 0.3) is 0 Å². The Kier molecular flexibility index (Phi) is 5.87. The van der Waals surface area contributed by atoms with Crippen LogP contribution in [0.15, 0.2) is 28.8 Å². The first-order valence-electron chi connectivity index (χ1n) is 8.63. The average molecular weight is 350 g/mol. The third-order valence-electron chi connectivity index (χ3n) is 4.63. The van der Waals surface area contributed by atoms with Crippen LogP contribution in [0.2, 0.25) is 5.02 Å². The predicted molar refractivity (Wildman–Crippen MR) is 92.7 cm³/mol. The minimum absolute atomic E-state index is 0.281. The van der Waals surface area contributed by atoms with Crippen LogP contribution in [0.1, 0.15) is 49.6 Å². The number of aliphatic hydroxyl groups excluding tert-OH is 1. The van der Waals surface area contributed by atoms with Crippen molar-refractivity contribution in [2.75, 3.05) is 13.1 Å². The SMILES string of the molecule is CCCc1nc(CN2CCC(C(O)c3ccc(Cl)cc3)CC2)no1. The lowest BCUT2D eigenvalue weighted by Gasteiger charge is -2.33. The van der Waals surface area contributed by atoms with Crippen LogP contribution in [0.4, 0.5) is 0 Å². The fraction of sp³-hybridized carbons (Fsp3) is 0.556. The molecule has 1 aliphatic heterocycles. The number of aryl methyl sites for hydroxylation is 1. The highest BCUT2D eigenvalue weighted by atomic mass is 35.5. The van der Waals surface area contributed by atoms with E-state index in [9.17, 15) is 5.11 Å². The molecule has 1 unspecified atom stereocenters. The summed E-state index contributed by atoms with van der Waals surface area (Å²) in [5.41, 5.74) is 0.945. The highest BCUT2D eigenvalue weighted by Crippen LogP contribution is 2.31. The van der Waals surface area contributed by atoms with E-state index in [0.29, 0.717) is 5.02 Å². The topological polar surface area (TPSA) is 62.4 Å². The van der Waals surface area contributed by atoms with Crippen LogP contribution in [-0.4, -0.2) is 33.2 Å². The normalized spacial score (nSPS) is 18.0. The Bertz CT molecular complexity index is 636. The Morgan fingerprint density at radius 1 is 1.29 bits per heavy atom. The number of hydrogen-bond donors (Lipinski definition) is 1. The van der Waals surface area contributed by atoms with Gasteiger partial charge in [0, 0.05) is 11.4 Å². The number of aliphatic hydroxyl groups is 1. The van der Waals surface area contributed by atoms with E-state index in [4.69, 9.17) is 16.1 Å². The zero-order valence-corrected chi connectivity index (χ0v) is 14.7. The summed E-state index contributed by atoms with van der Waals surface area (Å²) >= 11 is 5.91. The number of halogens is 1. The van der Waals surface area contributed by atoms with Gasteiger partial charge in [-0.3, -0.25) is 4.90 Å². The number of piperidine rings is 1. The van der Waals surface area contributed by atoms with Crippen LogP contribution in [0, 0.1) is 5.92 Å². The molecule has 1 fully saturated rings. The van der Waals surface area contributed by atoms with Gasteiger partial charge in [0.1, 0.15) is 0 Å². The standard InChI is InChI=1S/C18H24ClN3O2/c1-2-3-17-20-16(21-24-17)12-22-10-8-14(9-11-22)18(23)13-4-6-15(19)7-5-13/h4-7,14,18,23H,2-3,8-12H2,1H3. The van der Waals surface area contributed by atoms with Gasteiger partial charge < -0.3 is 9.63 Å². The number of hydrogen-bond acceptors (Lipinski definition) is 5. The van der Waals surface area contributed by atoms with Gasteiger partial charge in [-0.15, -0.1) is 0 Å². The number of benzene rings is 1. The molecular weight excluding hydrogens is 326 g/mol. The molecule has 1 N–H and O–H groups in total. The smallest absolute Gasteiger partial charge is 0.226 e. The third kappa shape index (κ3) is 4.35. The first kappa shape index (κ1) is 17.4. The molecule has 0 aliphatic carbocycles. The molecule has 0 saturated carbocycles. The number of likely N-dealkylation sites (tertiary alicyclic amines) is 1. The second-order valence-corrected chi connectivity index (χ2v) is 6.90. The molecule has 130 valence electrons. The molecule has 0 bridgehead atoms. The van der Waals surface area contributed by atoms with E-state index in [1.807, 2.05) is 24.3 Å². The van der Waals surface area contributed by atoms with Gasteiger partial charge in [0.15, 0.2) is 5.82 Å². The second kappa shape index (κ2) is 8.10. The lowest BCUT2D eigenvalue weighted by molar-refractivity contribution is 0.0558. The van der Waals surface area contributed by atoms with Gasteiger partial charge in [-0.2, -0.15) is 4.98 Å². The van der Waals surface area contributed by atoms with Crippen molar-refractivity contribution in [3.8, 4) is 0 Å². The van der Waals surface area contributed by atoms with Gasteiger partial charge in [-0.25, -0.2) is 0 Å². The Labute approximate surface area is 147 Å². The highest BCUT2D eigenvalue weighted by molar-refractivity contribution is 6.30. The predicted octanol–water partition coefficient (Wildman–Crippen LogP) is 3.62. The van der Waals surface area contributed by atoms with Crippen LogP contribution < -0.4 is 0 Å². The number of nitrogens with zero attached hydrogens (tertiary/aromatic N) is 3. The van der Waals surface area contributed by atoms with E-state index in [-0.39, 0.29) is 5.92 Å². The van der Waals surface area contributed by atoms with E-state index in [2.05, 4.69) is 22.0 Å². The summed E-state index contributed by atoms with van der Waals surface area (Å²) < 4.78 is 5.23. The van der Waals surface area contributed by atoms with Crippen molar-refractivity contribution in [3.05, 3.63) is 46.6 Å². The van der Waals surface area contributed by atoms with Crippen molar-refractivity contribution >= 4 is 11.6 Å². The Morgan fingerprint density at radius 2 is 2.00 bits per heavy atom. The van der Waals surface area contributed by atoms with Gasteiger partial charge in [0.2, 0.25) is 5.89 Å². The molecule has 2 heterocycles. The van der Waals surface area contributed by atoms with Crippen LogP contribution >= 0.6 is 11.6 Å². The molecule has 6 heteroatoms. The molecule has 3 rings (SSSR count). The minimum Gasteiger partial charge on any atom is -0.388 e. The minimum atomic E-state index is -0.425. The monoisotopic (exact) mass is 349 g/mol. The zero-order valence-electron chi connectivity index (χ0n) is 14.0. The van der Waals surface area contributed by atoms with Gasteiger partial charge >= 0.3 is 0 Å². The van der Waals surface area contributed by atoms with Crippen molar-refractivity contribution < 1.29 is 9.63 Å². The van der Waals surface area contributed by atoms with Crippen molar-refractivity contribution in [2.24, 2.45) is 5.92 Å². The first-order chi connectivity index (χ1) is 11.7. The zero-order chi connectivity index (χ0) is 16.9. The molecule has 1 aromatic heterocycles. The average Bonchev–Trinajstić information content (AvgIpc) is 3.03. The maximum absolute atomic E-state index is 10.6. The lowest BCUT2D eigenvalue weighted by atomic mass is 9.87. The molecule has 2 aromatic rings. The molecule has 0 radical (unpaired) electrons. The molecule has 5 nitrogen and oxygen atoms in total. The maximum atomic E-state index is 10.6. The number of aromatic nitrogens is 2. The van der Waals surface area contributed by atoms with Crippen molar-refractivity contribution in [1.29, 1.82) is 0 Å². The van der Waals surface area contributed by atoms with Gasteiger partial charge in [-0.1, -0.05) is 35.8 Å². The van der Waals surface area contributed by atoms with Gasteiger partial charge in [0.25, 0.3) is 0 Å². The van der Waals surface area contributed by atoms with Crippen molar-refractivity contribution in [3.63, 3.8) is 0 Å². The summed E-state index contributed by atoms with van der Waals surface area (Å²) in [6.07, 6.45) is 3.34. The fourth-order valence-electron chi connectivity index (χ4n) is 3.23. The van der Waals surface area contributed by atoms with Gasteiger partial charge in [-0.05, 0) is 56.0 Å². The van der Waals surface area contributed by atoms with Crippen molar-refractivity contribution in [2.45, 2.75) is 45.3 Å². The molecule has 1 saturated heterocycles. The van der Waals surface area contributed by atoms with E-state index < -0.39 is 6.10 Å². The van der Waals surface area contributed by atoms with E-state index >= 15 is 0 Å². The summed E-state index contributed by atoms with van der Waals surface area (Å²) in [7, 11) is 0. The van der Waals surface area contributed by atoms with E-state index in [1.54, 1.807) is 0 Å². The Balaban J connectivity index is 1.50. The summed E-state index contributed by atoms with van der Waals surface area (Å²) in [6, 6.07) is 7.49. The third-order valence-corrected chi connectivity index (χ3v) is 4.88. The molecule has 1 aromatic carbocycles. The van der Waals surface area contributed by atoms with Crippen LogP contribution in [-0.2, 0) is 13.0 Å². The molecule has 24 heavy (non-hydrogen) atoms. The summed E-state index contributed by atoms with van der Waals surface area (Å²) in [5.74, 6) is 1.76. The molecule has 0 spiro atoms. The summed E-state index contributed by atoms with van der Waals surface area (Å²) in [6.45, 7) is 4.69. The number of rotatable bonds is 6. The van der Waals surface area contributed by atoms with Crippen LogP contribution in [0.3, 0.4) is 0 Å². The summed E-state index contributed by atoms with van der Waals surface area (Å²) in [5, 5.41) is 15.3. The molecular formula is C18H24ClN3O2. The van der Waals surface area contributed by atoms with E-state index in [0.717, 1.165) is 62.6 Å². The second-order valence-electron chi connectivity index (χ2n) is 6.46. The van der Waals surface area contributed by atoms with Gasteiger partial charge in [0.05, 0.1) is 12.6 Å². The molecule has 1 aliphatic rings. The van der Waals surface area contributed by atoms with Crippen LogP contribution in [0.5, 0.6) is 0 Å². The fourth-order valence-corrected chi connectivity index (χ4v) is 3.35. The largest absolute Gasteiger partial charge is 0.388 e. The molecule has 0 amide bonds. The lowest BCUT2D eigenvalue weighted by Crippen LogP contribution is -2.35. The Hall–Kier alpha value is -1.43.